The molecule has 0 aromatic carbocycles. The normalized spacial score (nSPS) is 20.6. The average Bonchev–Trinajstić information content (AvgIpc) is 3.11. The van der Waals surface area contributed by atoms with Crippen molar-refractivity contribution in [2.45, 2.75) is 26.7 Å². The molecule has 2 aliphatic rings. The number of aromatic nitrogens is 2. The van der Waals surface area contributed by atoms with Gasteiger partial charge in [0.15, 0.2) is 0 Å². The van der Waals surface area contributed by atoms with E-state index >= 15 is 0 Å². The van der Waals surface area contributed by atoms with E-state index < -0.39 is 0 Å². The van der Waals surface area contributed by atoms with Gasteiger partial charge >= 0.3 is 5.97 Å². The summed E-state index contributed by atoms with van der Waals surface area (Å²) in [5, 5.41) is 0.981. The van der Waals surface area contributed by atoms with Crippen LogP contribution in [0.3, 0.4) is 0 Å². The molecule has 2 aromatic heterocycles. The minimum absolute atomic E-state index is 0.0196. The number of aryl methyl sites for hydroxylation is 1. The van der Waals surface area contributed by atoms with Crippen LogP contribution >= 0.6 is 11.3 Å². The predicted molar refractivity (Wildman–Crippen MR) is 117 cm³/mol. The zero-order valence-electron chi connectivity index (χ0n) is 17.9. The molecule has 0 radical (unpaired) electrons. The Bertz CT molecular complexity index is 938. The molecular weight excluding hydrogens is 402 g/mol. The van der Waals surface area contributed by atoms with E-state index in [1.807, 2.05) is 13.8 Å². The zero-order valence-corrected chi connectivity index (χ0v) is 18.7. The summed E-state index contributed by atoms with van der Waals surface area (Å²) in [5.41, 5.74) is 0.938. The van der Waals surface area contributed by atoms with E-state index in [1.54, 1.807) is 11.2 Å². The zero-order chi connectivity index (χ0) is 21.3. The first kappa shape index (κ1) is 21.0. The largest absolute Gasteiger partial charge is 0.466 e. The van der Waals surface area contributed by atoms with Crippen molar-refractivity contribution in [1.82, 2.24) is 19.8 Å². The van der Waals surface area contributed by atoms with E-state index in [2.05, 4.69) is 26.8 Å². The van der Waals surface area contributed by atoms with Gasteiger partial charge < -0.3 is 19.4 Å². The van der Waals surface area contributed by atoms with E-state index in [-0.39, 0.29) is 17.8 Å². The number of rotatable bonds is 4. The Morgan fingerprint density at radius 2 is 1.97 bits per heavy atom. The van der Waals surface area contributed by atoms with Crippen LogP contribution in [0, 0.1) is 12.8 Å². The van der Waals surface area contributed by atoms with Crippen LogP contribution in [-0.4, -0.2) is 84.6 Å². The van der Waals surface area contributed by atoms with Crippen LogP contribution in [0.5, 0.6) is 0 Å². The summed E-state index contributed by atoms with van der Waals surface area (Å²) >= 11 is 1.43. The van der Waals surface area contributed by atoms with Crippen LogP contribution in [0.2, 0.25) is 0 Å². The number of likely N-dealkylation sites (N-methyl/N-ethyl adjacent to an activating group) is 1. The SMILES string of the molecule is CCOC(=O)[C@H]1CCCN(C(=O)c2sc3ncnc(N4CCN(C)CC4)c3c2C)C1. The van der Waals surface area contributed by atoms with Crippen LogP contribution < -0.4 is 4.90 Å². The molecule has 0 bridgehead atoms. The number of hydrogen-bond acceptors (Lipinski definition) is 8. The smallest absolute Gasteiger partial charge is 0.310 e. The third-order valence-electron chi connectivity index (χ3n) is 6.03. The molecule has 0 spiro atoms. The number of esters is 1. The Labute approximate surface area is 180 Å². The van der Waals surface area contributed by atoms with E-state index in [4.69, 9.17) is 4.74 Å². The Morgan fingerprint density at radius 1 is 1.20 bits per heavy atom. The minimum atomic E-state index is -0.238. The number of hydrogen-bond donors (Lipinski definition) is 0. The highest BCUT2D eigenvalue weighted by molar-refractivity contribution is 7.20. The third-order valence-corrected chi connectivity index (χ3v) is 7.22. The second-order valence-corrected chi connectivity index (χ2v) is 9.07. The van der Waals surface area contributed by atoms with Gasteiger partial charge in [-0.15, -0.1) is 11.3 Å². The van der Waals surface area contributed by atoms with Crippen molar-refractivity contribution in [2.75, 3.05) is 57.8 Å². The number of carbonyl (C=O) groups excluding carboxylic acids is 2. The van der Waals surface area contributed by atoms with Crippen LogP contribution in [0.4, 0.5) is 5.82 Å². The van der Waals surface area contributed by atoms with Crippen LogP contribution in [0.15, 0.2) is 6.33 Å². The third kappa shape index (κ3) is 4.00. The highest BCUT2D eigenvalue weighted by Gasteiger charge is 2.32. The fourth-order valence-electron chi connectivity index (χ4n) is 4.27. The van der Waals surface area contributed by atoms with Gasteiger partial charge in [0, 0.05) is 39.3 Å². The fraction of sp³-hybridized carbons (Fsp3) is 0.619. The molecule has 0 aliphatic carbocycles. The summed E-state index contributed by atoms with van der Waals surface area (Å²) in [5.74, 6) is 0.460. The quantitative estimate of drug-likeness (QED) is 0.687. The maximum Gasteiger partial charge on any atom is 0.310 e. The number of thiophene rings is 1. The molecular formula is C21H29N5O3S. The van der Waals surface area contributed by atoms with E-state index in [1.165, 1.54) is 11.3 Å². The summed E-state index contributed by atoms with van der Waals surface area (Å²) in [6, 6.07) is 0. The van der Waals surface area contributed by atoms with Crippen LogP contribution in [0.25, 0.3) is 10.2 Å². The highest BCUT2D eigenvalue weighted by atomic mass is 32.1. The molecule has 2 aromatic rings. The van der Waals surface area contributed by atoms with Gasteiger partial charge in [0.25, 0.3) is 5.91 Å². The molecule has 30 heavy (non-hydrogen) atoms. The molecule has 4 heterocycles. The predicted octanol–water partition coefficient (Wildman–Crippen LogP) is 2.17. The Hall–Kier alpha value is -2.26. The van der Waals surface area contributed by atoms with Crippen molar-refractivity contribution in [2.24, 2.45) is 5.92 Å². The van der Waals surface area contributed by atoms with Crippen molar-refractivity contribution < 1.29 is 14.3 Å². The molecule has 2 aliphatic heterocycles. The molecule has 8 nitrogen and oxygen atoms in total. The lowest BCUT2D eigenvalue weighted by atomic mass is 9.98. The van der Waals surface area contributed by atoms with Crippen molar-refractivity contribution in [3.8, 4) is 0 Å². The lowest BCUT2D eigenvalue weighted by Crippen LogP contribution is -2.45. The number of likely N-dealkylation sites (tertiary alicyclic amines) is 1. The first-order valence-corrected chi connectivity index (χ1v) is 11.4. The molecule has 0 unspecified atom stereocenters. The number of fused-ring (bicyclic) bond motifs is 1. The van der Waals surface area contributed by atoms with Crippen LogP contribution in [0.1, 0.15) is 35.0 Å². The molecule has 4 rings (SSSR count). The second kappa shape index (κ2) is 8.85. The summed E-state index contributed by atoms with van der Waals surface area (Å²) in [4.78, 5) is 42.5. The van der Waals surface area contributed by atoms with E-state index in [9.17, 15) is 9.59 Å². The number of amides is 1. The lowest BCUT2D eigenvalue weighted by Gasteiger charge is -2.33. The van der Waals surface area contributed by atoms with Crippen molar-refractivity contribution in [3.05, 3.63) is 16.8 Å². The first-order valence-electron chi connectivity index (χ1n) is 10.6. The molecule has 9 heteroatoms. The molecule has 1 atom stereocenters. The summed E-state index contributed by atoms with van der Waals surface area (Å²) < 4.78 is 5.18. The summed E-state index contributed by atoms with van der Waals surface area (Å²) in [6.07, 6.45) is 3.18. The standard InChI is InChI=1S/C21H29N5O3S/c1-4-29-21(28)15-6-5-7-26(12-15)20(27)17-14(2)16-18(22-13-23-19(16)30-17)25-10-8-24(3)9-11-25/h13,15H,4-12H2,1-3H3/t15-/m0/s1. The maximum absolute atomic E-state index is 13.4. The molecule has 0 saturated carbocycles. The number of piperazine rings is 1. The highest BCUT2D eigenvalue weighted by Crippen LogP contribution is 2.36. The number of nitrogens with zero attached hydrogens (tertiary/aromatic N) is 5. The van der Waals surface area contributed by atoms with Gasteiger partial charge in [0.1, 0.15) is 17.0 Å². The monoisotopic (exact) mass is 431 g/mol. The first-order chi connectivity index (χ1) is 14.5. The number of carbonyl (C=O) groups is 2. The van der Waals surface area contributed by atoms with Gasteiger partial charge in [-0.1, -0.05) is 0 Å². The van der Waals surface area contributed by atoms with E-state index in [0.29, 0.717) is 24.6 Å². The molecule has 1 amide bonds. The van der Waals surface area contributed by atoms with Gasteiger partial charge in [-0.25, -0.2) is 9.97 Å². The van der Waals surface area contributed by atoms with E-state index in [0.717, 1.165) is 60.6 Å². The van der Waals surface area contributed by atoms with Gasteiger partial charge in [-0.2, -0.15) is 0 Å². The van der Waals surface area contributed by atoms with Crippen LogP contribution in [-0.2, 0) is 9.53 Å². The number of anilines is 1. The topological polar surface area (TPSA) is 78.9 Å². The average molecular weight is 432 g/mol. The van der Waals surface area contributed by atoms with Gasteiger partial charge in [-0.05, 0) is 39.3 Å². The Morgan fingerprint density at radius 3 is 2.70 bits per heavy atom. The minimum Gasteiger partial charge on any atom is -0.466 e. The Balaban J connectivity index is 1.60. The molecule has 0 N–H and O–H groups in total. The van der Waals surface area contributed by atoms with Crippen molar-refractivity contribution in [3.63, 3.8) is 0 Å². The lowest BCUT2D eigenvalue weighted by molar-refractivity contribution is -0.149. The van der Waals surface area contributed by atoms with Crippen molar-refractivity contribution in [1.29, 1.82) is 0 Å². The fourth-order valence-corrected chi connectivity index (χ4v) is 5.38. The second-order valence-electron chi connectivity index (χ2n) is 8.07. The summed E-state index contributed by atoms with van der Waals surface area (Å²) in [6.45, 7) is 9.05. The van der Waals surface area contributed by atoms with Gasteiger partial charge in [0.2, 0.25) is 0 Å². The summed E-state index contributed by atoms with van der Waals surface area (Å²) in [7, 11) is 2.13. The maximum atomic E-state index is 13.4. The molecule has 2 saturated heterocycles. The number of ether oxygens (including phenoxy) is 1. The van der Waals surface area contributed by atoms with Gasteiger partial charge in [0.05, 0.1) is 22.8 Å². The molecule has 2 fully saturated rings. The van der Waals surface area contributed by atoms with Crippen molar-refractivity contribution >= 4 is 39.2 Å². The number of piperidine rings is 1. The van der Waals surface area contributed by atoms with Gasteiger partial charge in [-0.3, -0.25) is 9.59 Å². The Kier molecular flexibility index (Phi) is 6.19. The molecule has 162 valence electrons.